The summed E-state index contributed by atoms with van der Waals surface area (Å²) in [6.45, 7) is 2.10. The Hall–Kier alpha value is -2.40. The number of nitrogens with one attached hydrogen (secondary N) is 2. The Bertz CT molecular complexity index is 731. The number of piperidine rings is 1. The fourth-order valence-corrected chi connectivity index (χ4v) is 4.00. The third kappa shape index (κ3) is 4.22. The molecule has 2 unspecified atom stereocenters. The third-order valence-electron chi connectivity index (χ3n) is 5.35. The number of carbonyl (C=O) groups excluding carboxylic acids is 1. The zero-order valence-electron chi connectivity index (χ0n) is 15.0. The van der Waals surface area contributed by atoms with Gasteiger partial charge in [-0.3, -0.25) is 4.79 Å². The Kier molecular flexibility index (Phi) is 5.16. The Morgan fingerprint density at radius 2 is 1.96 bits per heavy atom. The number of amides is 1. The van der Waals surface area contributed by atoms with Crippen molar-refractivity contribution in [3.05, 3.63) is 54.2 Å². The lowest BCUT2D eigenvalue weighted by Crippen LogP contribution is -2.44. The van der Waals surface area contributed by atoms with E-state index in [9.17, 15) is 4.79 Å². The molecule has 2 N–H and O–H groups in total. The number of nitrogens with zero attached hydrogens (tertiary/aromatic N) is 2. The van der Waals surface area contributed by atoms with Crippen LogP contribution in [0.2, 0.25) is 0 Å². The normalized spacial score (nSPS) is 22.5. The van der Waals surface area contributed by atoms with Gasteiger partial charge >= 0.3 is 0 Å². The molecule has 2 saturated heterocycles. The van der Waals surface area contributed by atoms with E-state index in [0.717, 1.165) is 24.3 Å². The summed E-state index contributed by atoms with van der Waals surface area (Å²) >= 11 is 0. The molecule has 2 aromatic rings. The number of carbonyl (C=O) groups is 1. The van der Waals surface area contributed by atoms with Crippen molar-refractivity contribution < 1.29 is 4.79 Å². The molecule has 4 rings (SSSR count). The minimum Gasteiger partial charge on any atom is -0.369 e. The molecular formula is C21H26N4O. The Balaban J connectivity index is 1.36. The van der Waals surface area contributed by atoms with Gasteiger partial charge in [0.2, 0.25) is 5.91 Å². The molecule has 3 heterocycles. The smallest absolute Gasteiger partial charge is 0.229 e. The molecule has 1 aromatic carbocycles. The maximum atomic E-state index is 12.2. The van der Waals surface area contributed by atoms with Gasteiger partial charge in [-0.2, -0.15) is 0 Å². The van der Waals surface area contributed by atoms with Gasteiger partial charge in [0.25, 0.3) is 0 Å². The molecular weight excluding hydrogens is 324 g/mol. The first-order valence-electron chi connectivity index (χ1n) is 9.57. The second-order valence-corrected chi connectivity index (χ2v) is 7.34. The molecule has 1 amide bonds. The van der Waals surface area contributed by atoms with Crippen molar-refractivity contribution in [2.75, 3.05) is 23.3 Å². The van der Waals surface area contributed by atoms with E-state index in [1.54, 1.807) is 0 Å². The van der Waals surface area contributed by atoms with Crippen LogP contribution in [0, 0.1) is 0 Å². The van der Waals surface area contributed by atoms with Crippen LogP contribution in [-0.2, 0) is 11.2 Å². The maximum absolute atomic E-state index is 12.2. The number of pyridine rings is 1. The van der Waals surface area contributed by atoms with Gasteiger partial charge in [0, 0.05) is 25.2 Å². The first-order valence-corrected chi connectivity index (χ1v) is 9.57. The van der Waals surface area contributed by atoms with Crippen LogP contribution in [-0.4, -0.2) is 36.1 Å². The van der Waals surface area contributed by atoms with Crippen LogP contribution in [0.5, 0.6) is 0 Å². The molecule has 2 fully saturated rings. The molecule has 2 bridgehead atoms. The number of aromatic nitrogens is 1. The summed E-state index contributed by atoms with van der Waals surface area (Å²) in [5.41, 5.74) is 2.14. The summed E-state index contributed by atoms with van der Waals surface area (Å²) in [5.74, 6) is 0.575. The van der Waals surface area contributed by atoms with E-state index in [-0.39, 0.29) is 5.91 Å². The minimum absolute atomic E-state index is 0.0378. The first kappa shape index (κ1) is 17.0. The second-order valence-electron chi connectivity index (χ2n) is 7.34. The highest BCUT2D eigenvalue weighted by Gasteiger charge is 2.27. The lowest BCUT2D eigenvalue weighted by Gasteiger charge is -2.29. The van der Waals surface area contributed by atoms with Crippen LogP contribution in [0.1, 0.15) is 31.2 Å². The predicted molar refractivity (Wildman–Crippen MR) is 104 cm³/mol. The van der Waals surface area contributed by atoms with Gasteiger partial charge in [-0.25, -0.2) is 4.98 Å². The van der Waals surface area contributed by atoms with Gasteiger partial charge in [-0.15, -0.1) is 0 Å². The summed E-state index contributed by atoms with van der Waals surface area (Å²) < 4.78 is 0. The zero-order valence-corrected chi connectivity index (χ0v) is 15.0. The lowest BCUT2D eigenvalue weighted by atomic mass is 9.98. The van der Waals surface area contributed by atoms with E-state index in [4.69, 9.17) is 0 Å². The van der Waals surface area contributed by atoms with E-state index < -0.39 is 0 Å². The number of rotatable bonds is 4. The van der Waals surface area contributed by atoms with Crippen molar-refractivity contribution in [3.8, 4) is 0 Å². The van der Waals surface area contributed by atoms with Crippen LogP contribution >= 0.6 is 0 Å². The zero-order chi connectivity index (χ0) is 17.8. The molecule has 0 spiro atoms. The fraction of sp³-hybridized carbons (Fsp3) is 0.429. The lowest BCUT2D eigenvalue weighted by molar-refractivity contribution is -0.115. The number of benzene rings is 1. The molecule has 1 aromatic heterocycles. The van der Waals surface area contributed by atoms with E-state index in [1.807, 2.05) is 42.6 Å². The average molecular weight is 350 g/mol. The molecule has 0 radical (unpaired) electrons. The van der Waals surface area contributed by atoms with Crippen LogP contribution in [0.4, 0.5) is 11.5 Å². The van der Waals surface area contributed by atoms with E-state index >= 15 is 0 Å². The van der Waals surface area contributed by atoms with Crippen LogP contribution in [0.3, 0.4) is 0 Å². The third-order valence-corrected chi connectivity index (χ3v) is 5.35. The Labute approximate surface area is 154 Å². The van der Waals surface area contributed by atoms with Crippen molar-refractivity contribution in [3.63, 3.8) is 0 Å². The van der Waals surface area contributed by atoms with Gasteiger partial charge in [-0.1, -0.05) is 36.8 Å². The average Bonchev–Trinajstić information content (AvgIpc) is 2.81. The molecule has 136 valence electrons. The van der Waals surface area contributed by atoms with Crippen molar-refractivity contribution in [2.45, 2.75) is 44.2 Å². The summed E-state index contributed by atoms with van der Waals surface area (Å²) in [7, 11) is 0. The topological polar surface area (TPSA) is 57.3 Å². The molecule has 0 saturated carbocycles. The second kappa shape index (κ2) is 7.87. The number of anilines is 2. The predicted octanol–water partition coefficient (Wildman–Crippen LogP) is 2.98. The van der Waals surface area contributed by atoms with Crippen LogP contribution in [0.25, 0.3) is 0 Å². The minimum atomic E-state index is -0.0378. The van der Waals surface area contributed by atoms with Gasteiger partial charge in [0.1, 0.15) is 5.82 Å². The van der Waals surface area contributed by atoms with Crippen molar-refractivity contribution in [2.24, 2.45) is 0 Å². The molecule has 26 heavy (non-hydrogen) atoms. The highest BCUT2D eigenvalue weighted by molar-refractivity contribution is 5.91. The Morgan fingerprint density at radius 3 is 2.77 bits per heavy atom. The van der Waals surface area contributed by atoms with Crippen molar-refractivity contribution in [1.82, 2.24) is 10.3 Å². The van der Waals surface area contributed by atoms with E-state index in [2.05, 4.69) is 26.6 Å². The molecule has 5 heteroatoms. The highest BCUT2D eigenvalue weighted by Crippen LogP contribution is 2.24. The standard InChI is InChI=1S/C21H26N4O/c26-21(13-16-5-2-1-3-6-16)24-20-10-9-19(14-22-20)25-12-11-17-7-4-8-18(15-25)23-17/h1-3,5-6,9-10,14,17-18,23H,4,7-8,11-13,15H2,(H,22,24,26). The SMILES string of the molecule is O=C(Cc1ccccc1)Nc1ccc(N2CCC3CCCC(C2)N3)cn1. The monoisotopic (exact) mass is 350 g/mol. The summed E-state index contributed by atoms with van der Waals surface area (Å²) in [6, 6.07) is 15.0. The number of hydrogen-bond acceptors (Lipinski definition) is 4. The van der Waals surface area contributed by atoms with Gasteiger partial charge < -0.3 is 15.5 Å². The molecule has 5 nitrogen and oxygen atoms in total. The molecule has 0 aliphatic carbocycles. The summed E-state index contributed by atoms with van der Waals surface area (Å²) in [5, 5.41) is 6.65. The summed E-state index contributed by atoms with van der Waals surface area (Å²) in [4.78, 5) is 19.0. The van der Waals surface area contributed by atoms with Crippen LogP contribution in [0.15, 0.2) is 48.7 Å². The van der Waals surface area contributed by atoms with Gasteiger partial charge in [0.15, 0.2) is 0 Å². The number of fused-ring (bicyclic) bond motifs is 2. The van der Waals surface area contributed by atoms with Crippen molar-refractivity contribution >= 4 is 17.4 Å². The van der Waals surface area contributed by atoms with E-state index in [1.165, 1.54) is 25.7 Å². The molecule has 2 aliphatic rings. The van der Waals surface area contributed by atoms with Crippen LogP contribution < -0.4 is 15.5 Å². The van der Waals surface area contributed by atoms with E-state index in [0.29, 0.717) is 24.3 Å². The largest absolute Gasteiger partial charge is 0.369 e. The number of hydrogen-bond donors (Lipinski definition) is 2. The first-order chi connectivity index (χ1) is 12.8. The van der Waals surface area contributed by atoms with Crippen molar-refractivity contribution in [1.29, 1.82) is 0 Å². The van der Waals surface area contributed by atoms with Gasteiger partial charge in [0.05, 0.1) is 18.3 Å². The molecule has 2 aliphatic heterocycles. The van der Waals surface area contributed by atoms with Gasteiger partial charge in [-0.05, 0) is 37.0 Å². The highest BCUT2D eigenvalue weighted by atomic mass is 16.1. The summed E-state index contributed by atoms with van der Waals surface area (Å²) in [6.07, 6.45) is 7.33. The maximum Gasteiger partial charge on any atom is 0.229 e. The fourth-order valence-electron chi connectivity index (χ4n) is 4.00. The quantitative estimate of drug-likeness (QED) is 0.890. The Morgan fingerprint density at radius 1 is 1.12 bits per heavy atom. The molecule has 2 atom stereocenters.